The van der Waals surface area contributed by atoms with Crippen LogP contribution < -0.4 is 14.9 Å². The van der Waals surface area contributed by atoms with Gasteiger partial charge in [0.15, 0.2) is 0 Å². The molecule has 0 radical (unpaired) electrons. The molecule has 0 spiro atoms. The Bertz CT molecular complexity index is 863. The number of anilines is 2. The summed E-state index contributed by atoms with van der Waals surface area (Å²) in [4.78, 5) is 2.26. The fourth-order valence-corrected chi connectivity index (χ4v) is 4.32. The average Bonchev–Trinajstić information content (AvgIpc) is 2.63. The van der Waals surface area contributed by atoms with Crippen LogP contribution in [0, 0.1) is 12.7 Å². The molecule has 0 aliphatic carbocycles. The molecule has 140 valence electrons. The van der Waals surface area contributed by atoms with Crippen LogP contribution in [0.5, 0.6) is 0 Å². The predicted molar refractivity (Wildman–Crippen MR) is 103 cm³/mol. The Morgan fingerprint density at radius 2 is 1.77 bits per heavy atom. The number of benzene rings is 2. The van der Waals surface area contributed by atoms with E-state index in [0.29, 0.717) is 11.7 Å². The Morgan fingerprint density at radius 3 is 2.42 bits per heavy atom. The third kappa shape index (κ3) is 4.16. The fourth-order valence-electron chi connectivity index (χ4n) is 3.27. The zero-order valence-electron chi connectivity index (χ0n) is 15.0. The first-order valence-electron chi connectivity index (χ1n) is 8.69. The van der Waals surface area contributed by atoms with Gasteiger partial charge in [0.1, 0.15) is 5.82 Å². The van der Waals surface area contributed by atoms with E-state index in [2.05, 4.69) is 22.0 Å². The molecule has 2 aromatic rings. The lowest BCUT2D eigenvalue weighted by Crippen LogP contribution is -2.41. The maximum absolute atomic E-state index is 13.0. The Kier molecular flexibility index (Phi) is 5.48. The number of rotatable bonds is 5. The molecular formula is C19H24FN3O2S. The summed E-state index contributed by atoms with van der Waals surface area (Å²) >= 11 is 0. The van der Waals surface area contributed by atoms with E-state index < -0.39 is 15.8 Å². The van der Waals surface area contributed by atoms with Crippen molar-refractivity contribution in [2.24, 2.45) is 0 Å². The van der Waals surface area contributed by atoms with Gasteiger partial charge in [-0.3, -0.25) is 4.72 Å². The molecule has 1 saturated heterocycles. The normalized spacial score (nSPS) is 15.7. The van der Waals surface area contributed by atoms with Crippen LogP contribution in [-0.4, -0.2) is 34.6 Å². The summed E-state index contributed by atoms with van der Waals surface area (Å²) in [6, 6.07) is 10.7. The van der Waals surface area contributed by atoms with Crippen molar-refractivity contribution in [3.05, 3.63) is 53.8 Å². The molecule has 26 heavy (non-hydrogen) atoms. The summed E-state index contributed by atoms with van der Waals surface area (Å²) in [5.41, 5.74) is 2.60. The van der Waals surface area contributed by atoms with Crippen molar-refractivity contribution >= 4 is 21.4 Å². The largest absolute Gasteiger partial charge is 0.371 e. The summed E-state index contributed by atoms with van der Waals surface area (Å²) in [6.45, 7) is 4.00. The lowest BCUT2D eigenvalue weighted by molar-refractivity contribution is 0.443. The highest BCUT2D eigenvalue weighted by Gasteiger charge is 2.20. The molecule has 1 aliphatic rings. The monoisotopic (exact) mass is 377 g/mol. The first kappa shape index (κ1) is 18.7. The van der Waals surface area contributed by atoms with Gasteiger partial charge in [-0.2, -0.15) is 0 Å². The number of nitrogens with zero attached hydrogens (tertiary/aromatic N) is 1. The highest BCUT2D eigenvalue weighted by molar-refractivity contribution is 7.92. The molecule has 0 unspecified atom stereocenters. The topological polar surface area (TPSA) is 61.4 Å². The quantitative estimate of drug-likeness (QED) is 0.840. The Balaban J connectivity index is 1.83. The van der Waals surface area contributed by atoms with Gasteiger partial charge in [0.25, 0.3) is 10.0 Å². The summed E-state index contributed by atoms with van der Waals surface area (Å²) in [6.07, 6.45) is 2.11. The van der Waals surface area contributed by atoms with Crippen LogP contribution in [0.3, 0.4) is 0 Å². The Labute approximate surface area is 154 Å². The molecule has 1 aliphatic heterocycles. The molecule has 3 rings (SSSR count). The van der Waals surface area contributed by atoms with Gasteiger partial charge in [-0.05, 0) is 74.8 Å². The second-order valence-electron chi connectivity index (χ2n) is 6.65. The first-order valence-corrected chi connectivity index (χ1v) is 10.2. The van der Waals surface area contributed by atoms with Crippen LogP contribution in [0.2, 0.25) is 0 Å². The average molecular weight is 377 g/mol. The van der Waals surface area contributed by atoms with Gasteiger partial charge in [0, 0.05) is 18.8 Å². The summed E-state index contributed by atoms with van der Waals surface area (Å²) < 4.78 is 40.7. The summed E-state index contributed by atoms with van der Waals surface area (Å²) in [5.74, 6) is -0.467. The summed E-state index contributed by atoms with van der Waals surface area (Å²) in [7, 11) is -1.70. The van der Waals surface area contributed by atoms with E-state index in [4.69, 9.17) is 0 Å². The molecule has 0 bridgehead atoms. The molecule has 1 heterocycles. The lowest BCUT2D eigenvalue weighted by Gasteiger charge is -2.34. The molecule has 2 N–H and O–H groups in total. The minimum absolute atomic E-state index is 0.0349. The molecule has 5 nitrogen and oxygen atoms in total. The van der Waals surface area contributed by atoms with Crippen LogP contribution in [0.15, 0.2) is 47.4 Å². The maximum Gasteiger partial charge on any atom is 0.261 e. The number of hydrogen-bond donors (Lipinski definition) is 2. The Hall–Kier alpha value is -2.12. The third-order valence-electron chi connectivity index (χ3n) is 4.82. The Morgan fingerprint density at radius 1 is 1.12 bits per heavy atom. The maximum atomic E-state index is 13.0. The van der Waals surface area contributed by atoms with E-state index >= 15 is 0 Å². The number of aryl methyl sites for hydroxylation is 1. The molecule has 0 saturated carbocycles. The standard InChI is InChI=1S/C19H24FN3O2S/c1-14-3-6-16(13-19(14)23(2)17-9-11-21-12-10-17)22-26(24,25)18-7-4-15(20)5-8-18/h3-8,13,17,21-22H,9-12H2,1-2H3. The highest BCUT2D eigenvalue weighted by Crippen LogP contribution is 2.28. The second kappa shape index (κ2) is 7.63. The second-order valence-corrected chi connectivity index (χ2v) is 8.34. The van der Waals surface area contributed by atoms with E-state index in [9.17, 15) is 12.8 Å². The van der Waals surface area contributed by atoms with Crippen LogP contribution in [0.25, 0.3) is 0 Å². The lowest BCUT2D eigenvalue weighted by atomic mass is 10.0. The molecule has 0 aromatic heterocycles. The first-order chi connectivity index (χ1) is 12.4. The van der Waals surface area contributed by atoms with E-state index in [1.807, 2.05) is 19.1 Å². The van der Waals surface area contributed by atoms with Crippen molar-refractivity contribution < 1.29 is 12.8 Å². The van der Waals surface area contributed by atoms with E-state index in [0.717, 1.165) is 49.3 Å². The molecule has 0 amide bonds. The molecular weight excluding hydrogens is 353 g/mol. The van der Waals surface area contributed by atoms with Gasteiger partial charge >= 0.3 is 0 Å². The fraction of sp³-hybridized carbons (Fsp3) is 0.368. The van der Waals surface area contributed by atoms with Crippen LogP contribution in [0.4, 0.5) is 15.8 Å². The van der Waals surface area contributed by atoms with Gasteiger partial charge in [-0.25, -0.2) is 12.8 Å². The van der Waals surface area contributed by atoms with Gasteiger partial charge in [0.05, 0.1) is 10.6 Å². The van der Waals surface area contributed by atoms with Crippen LogP contribution >= 0.6 is 0 Å². The van der Waals surface area contributed by atoms with Gasteiger partial charge in [-0.15, -0.1) is 0 Å². The minimum atomic E-state index is -3.76. The third-order valence-corrected chi connectivity index (χ3v) is 6.22. The van der Waals surface area contributed by atoms with Gasteiger partial charge in [-0.1, -0.05) is 6.07 Å². The van der Waals surface area contributed by atoms with Gasteiger partial charge < -0.3 is 10.2 Å². The number of halogens is 1. The van der Waals surface area contributed by atoms with Crippen molar-refractivity contribution in [2.75, 3.05) is 29.8 Å². The predicted octanol–water partition coefficient (Wildman–Crippen LogP) is 3.12. The van der Waals surface area contributed by atoms with Gasteiger partial charge in [0.2, 0.25) is 0 Å². The number of piperidine rings is 1. The number of hydrogen-bond acceptors (Lipinski definition) is 4. The van der Waals surface area contributed by atoms with Crippen molar-refractivity contribution in [3.63, 3.8) is 0 Å². The molecule has 2 aromatic carbocycles. The summed E-state index contributed by atoms with van der Waals surface area (Å²) in [5, 5.41) is 3.36. The molecule has 0 atom stereocenters. The van der Waals surface area contributed by atoms with E-state index in [1.54, 1.807) is 6.07 Å². The van der Waals surface area contributed by atoms with Crippen LogP contribution in [-0.2, 0) is 10.0 Å². The minimum Gasteiger partial charge on any atom is -0.371 e. The van der Waals surface area contributed by atoms with E-state index in [-0.39, 0.29) is 4.90 Å². The highest BCUT2D eigenvalue weighted by atomic mass is 32.2. The van der Waals surface area contributed by atoms with Crippen molar-refractivity contribution in [1.82, 2.24) is 5.32 Å². The van der Waals surface area contributed by atoms with E-state index in [1.165, 1.54) is 12.1 Å². The van der Waals surface area contributed by atoms with Crippen molar-refractivity contribution in [2.45, 2.75) is 30.7 Å². The van der Waals surface area contributed by atoms with Crippen molar-refractivity contribution in [3.8, 4) is 0 Å². The zero-order chi connectivity index (χ0) is 18.7. The SMILES string of the molecule is Cc1ccc(NS(=O)(=O)c2ccc(F)cc2)cc1N(C)C1CCNCC1. The van der Waals surface area contributed by atoms with Crippen LogP contribution in [0.1, 0.15) is 18.4 Å². The zero-order valence-corrected chi connectivity index (χ0v) is 15.8. The molecule has 7 heteroatoms. The number of nitrogens with one attached hydrogen (secondary N) is 2. The molecule has 1 fully saturated rings. The van der Waals surface area contributed by atoms with Crippen molar-refractivity contribution in [1.29, 1.82) is 0 Å². The smallest absolute Gasteiger partial charge is 0.261 e. The number of sulfonamides is 1.